The van der Waals surface area contributed by atoms with Crippen molar-refractivity contribution < 1.29 is 9.90 Å². The van der Waals surface area contributed by atoms with Crippen molar-refractivity contribution in [2.75, 3.05) is 5.43 Å². The van der Waals surface area contributed by atoms with Crippen LogP contribution in [-0.2, 0) is 0 Å². The van der Waals surface area contributed by atoms with Gasteiger partial charge in [0, 0.05) is 5.56 Å². The Labute approximate surface area is 148 Å². The molecular weight excluding hydrogens is 336 g/mol. The van der Waals surface area contributed by atoms with Gasteiger partial charge in [-0.2, -0.15) is 0 Å². The maximum atomic E-state index is 13.1. The third-order valence-electron chi connectivity index (χ3n) is 4.17. The molecule has 0 fully saturated rings. The third kappa shape index (κ3) is 2.87. The molecule has 3 aromatic rings. The fourth-order valence-corrected chi connectivity index (χ4v) is 4.06. The van der Waals surface area contributed by atoms with Crippen LogP contribution in [-0.4, -0.2) is 31.0 Å². The Balaban J connectivity index is 1.76. The van der Waals surface area contributed by atoms with Crippen LogP contribution in [0.1, 0.15) is 27.8 Å². The largest absolute Gasteiger partial charge is 0.508 e. The van der Waals surface area contributed by atoms with E-state index in [1.807, 2.05) is 49.4 Å². The molecule has 0 saturated carbocycles. The Bertz CT molecular complexity index is 909. The van der Waals surface area contributed by atoms with E-state index in [1.165, 1.54) is 11.8 Å². The van der Waals surface area contributed by atoms with Crippen molar-refractivity contribution in [2.45, 2.75) is 23.4 Å². The van der Waals surface area contributed by atoms with Crippen molar-refractivity contribution in [3.05, 3.63) is 71.5 Å². The van der Waals surface area contributed by atoms with Crippen molar-refractivity contribution >= 4 is 17.5 Å². The summed E-state index contributed by atoms with van der Waals surface area (Å²) in [6, 6.07) is 15.9. The van der Waals surface area contributed by atoms with E-state index < -0.39 is 0 Å². The highest BCUT2D eigenvalue weighted by molar-refractivity contribution is 8.00. The summed E-state index contributed by atoms with van der Waals surface area (Å²) in [4.78, 5) is 13.1. The Morgan fingerprint density at radius 1 is 1.12 bits per heavy atom. The molecule has 0 aliphatic carbocycles. The van der Waals surface area contributed by atoms with Crippen molar-refractivity contribution in [1.29, 1.82) is 0 Å². The Morgan fingerprint density at radius 2 is 1.84 bits per heavy atom. The molecule has 0 saturated heterocycles. The van der Waals surface area contributed by atoms with Crippen LogP contribution in [0.15, 0.2) is 59.8 Å². The molecule has 2 atom stereocenters. The van der Waals surface area contributed by atoms with E-state index in [9.17, 15) is 9.90 Å². The monoisotopic (exact) mass is 352 g/mol. The number of rotatable bonds is 3. The summed E-state index contributed by atoms with van der Waals surface area (Å²) in [7, 11) is 0. The van der Waals surface area contributed by atoms with E-state index in [4.69, 9.17) is 0 Å². The third-order valence-corrected chi connectivity index (χ3v) is 5.38. The zero-order valence-corrected chi connectivity index (χ0v) is 14.3. The first kappa shape index (κ1) is 15.7. The summed E-state index contributed by atoms with van der Waals surface area (Å²) < 4.78 is 1.80. The van der Waals surface area contributed by atoms with Crippen LogP contribution >= 0.6 is 11.8 Å². The number of carbonyl (C=O) groups is 1. The standard InChI is InChI=1S/C18H16N4O2S/c1-11-19-20-18-22(11)21-15(12-7-9-14(23)10-8-12)17(25-18)16(24)13-5-3-2-4-6-13/h2-10,15,17,21,23H,1H3. The molecule has 2 N–H and O–H groups in total. The molecule has 0 bridgehead atoms. The van der Waals surface area contributed by atoms with Crippen LogP contribution in [0.4, 0.5) is 0 Å². The molecule has 6 nitrogen and oxygen atoms in total. The second kappa shape index (κ2) is 6.25. The van der Waals surface area contributed by atoms with Crippen molar-refractivity contribution in [3.63, 3.8) is 0 Å². The molecule has 126 valence electrons. The quantitative estimate of drug-likeness (QED) is 0.706. The van der Waals surface area contributed by atoms with Gasteiger partial charge in [-0.3, -0.25) is 4.79 Å². The number of fused-ring (bicyclic) bond motifs is 1. The highest BCUT2D eigenvalue weighted by atomic mass is 32.2. The fourth-order valence-electron chi connectivity index (χ4n) is 2.86. The Kier molecular flexibility index (Phi) is 3.93. The molecule has 1 aliphatic heterocycles. The lowest BCUT2D eigenvalue weighted by Crippen LogP contribution is -2.39. The van der Waals surface area contributed by atoms with E-state index in [-0.39, 0.29) is 22.8 Å². The first-order valence-electron chi connectivity index (χ1n) is 7.87. The summed E-state index contributed by atoms with van der Waals surface area (Å²) in [5, 5.41) is 18.1. The smallest absolute Gasteiger partial charge is 0.210 e. The number of nitrogens with one attached hydrogen (secondary N) is 1. The Hall–Kier alpha value is -2.80. The maximum absolute atomic E-state index is 13.1. The van der Waals surface area contributed by atoms with Gasteiger partial charge in [0.05, 0.1) is 6.04 Å². The predicted octanol–water partition coefficient (Wildman–Crippen LogP) is 2.93. The second-order valence-corrected chi connectivity index (χ2v) is 6.94. The van der Waals surface area contributed by atoms with Gasteiger partial charge in [-0.05, 0) is 24.6 Å². The molecule has 7 heteroatoms. The van der Waals surface area contributed by atoms with Crippen molar-refractivity contribution in [1.82, 2.24) is 14.9 Å². The molecule has 1 aliphatic rings. The van der Waals surface area contributed by atoms with Crippen molar-refractivity contribution in [2.24, 2.45) is 0 Å². The van der Waals surface area contributed by atoms with Crippen LogP contribution in [0.25, 0.3) is 0 Å². The van der Waals surface area contributed by atoms with E-state index in [1.54, 1.807) is 16.8 Å². The number of phenols is 1. The molecule has 4 rings (SSSR count). The Morgan fingerprint density at radius 3 is 2.56 bits per heavy atom. The number of hydrogen-bond acceptors (Lipinski definition) is 6. The minimum absolute atomic E-state index is 0.0306. The summed E-state index contributed by atoms with van der Waals surface area (Å²) >= 11 is 1.40. The number of benzene rings is 2. The maximum Gasteiger partial charge on any atom is 0.210 e. The molecule has 2 heterocycles. The van der Waals surface area contributed by atoms with Gasteiger partial charge in [0.25, 0.3) is 0 Å². The number of carbonyl (C=O) groups excluding carboxylic acids is 1. The number of phenolic OH excluding ortho intramolecular Hbond substituents is 1. The summed E-state index contributed by atoms with van der Waals surface area (Å²) in [5.74, 6) is 0.958. The van der Waals surface area contributed by atoms with Gasteiger partial charge >= 0.3 is 0 Å². The predicted molar refractivity (Wildman–Crippen MR) is 95.4 cm³/mol. The van der Waals surface area contributed by atoms with Gasteiger partial charge in [-0.25, -0.2) is 4.68 Å². The lowest BCUT2D eigenvalue weighted by Gasteiger charge is -2.32. The molecule has 2 unspecified atom stereocenters. The minimum atomic E-state index is -0.386. The van der Waals surface area contributed by atoms with Gasteiger partial charge in [-0.15, -0.1) is 10.2 Å². The van der Waals surface area contributed by atoms with Gasteiger partial charge in [0.1, 0.15) is 16.8 Å². The zero-order valence-electron chi connectivity index (χ0n) is 13.5. The molecular formula is C18H16N4O2S. The summed E-state index contributed by atoms with van der Waals surface area (Å²) in [6.45, 7) is 1.86. The lowest BCUT2D eigenvalue weighted by atomic mass is 9.97. The van der Waals surface area contributed by atoms with E-state index in [2.05, 4.69) is 15.6 Å². The SMILES string of the molecule is Cc1nnc2n1NC(c1ccc(O)cc1)C(C(=O)c1ccccc1)S2. The molecule has 25 heavy (non-hydrogen) atoms. The van der Waals surface area contributed by atoms with Crippen molar-refractivity contribution in [3.8, 4) is 5.75 Å². The normalized spacial score (nSPS) is 19.1. The molecule has 0 radical (unpaired) electrons. The highest BCUT2D eigenvalue weighted by Crippen LogP contribution is 2.38. The van der Waals surface area contributed by atoms with E-state index in [0.717, 1.165) is 11.4 Å². The molecule has 2 aromatic carbocycles. The van der Waals surface area contributed by atoms with E-state index in [0.29, 0.717) is 10.7 Å². The number of aromatic hydroxyl groups is 1. The number of aromatic nitrogens is 3. The number of aryl methyl sites for hydroxylation is 1. The van der Waals surface area contributed by atoms with Gasteiger partial charge in [-0.1, -0.05) is 54.2 Å². The number of hydrogen-bond donors (Lipinski definition) is 2. The first-order valence-corrected chi connectivity index (χ1v) is 8.75. The number of ketones is 1. The van der Waals surface area contributed by atoms with Crippen LogP contribution in [0.5, 0.6) is 5.75 Å². The van der Waals surface area contributed by atoms with Crippen LogP contribution in [0.2, 0.25) is 0 Å². The summed E-state index contributed by atoms with van der Waals surface area (Å²) in [6.07, 6.45) is 0. The first-order chi connectivity index (χ1) is 12.1. The number of nitrogens with zero attached hydrogens (tertiary/aromatic N) is 3. The second-order valence-electron chi connectivity index (χ2n) is 5.83. The average Bonchev–Trinajstić information content (AvgIpc) is 3.02. The van der Waals surface area contributed by atoms with Crippen LogP contribution in [0, 0.1) is 6.92 Å². The fraction of sp³-hybridized carbons (Fsp3) is 0.167. The van der Waals surface area contributed by atoms with Gasteiger partial charge in [0.15, 0.2) is 5.78 Å². The molecule has 0 spiro atoms. The number of Topliss-reactive ketones (excluding diaryl/α,β-unsaturated/α-hetero) is 1. The van der Waals surface area contributed by atoms with E-state index >= 15 is 0 Å². The molecule has 0 amide bonds. The molecule has 1 aromatic heterocycles. The highest BCUT2D eigenvalue weighted by Gasteiger charge is 2.37. The zero-order chi connectivity index (χ0) is 17.4. The van der Waals surface area contributed by atoms with Crippen LogP contribution < -0.4 is 5.43 Å². The average molecular weight is 352 g/mol. The lowest BCUT2D eigenvalue weighted by molar-refractivity contribution is 0.0980. The number of thioether (sulfide) groups is 1. The van der Waals surface area contributed by atoms with Crippen LogP contribution in [0.3, 0.4) is 0 Å². The van der Waals surface area contributed by atoms with Gasteiger partial charge < -0.3 is 10.5 Å². The minimum Gasteiger partial charge on any atom is -0.508 e. The summed E-state index contributed by atoms with van der Waals surface area (Å²) in [5.41, 5.74) is 4.93. The topological polar surface area (TPSA) is 80.0 Å². The van der Waals surface area contributed by atoms with Gasteiger partial charge in [0.2, 0.25) is 5.16 Å².